The molecule has 0 bridgehead atoms. The van der Waals surface area contributed by atoms with Gasteiger partial charge in [-0.2, -0.15) is 0 Å². The van der Waals surface area contributed by atoms with Gasteiger partial charge in [0.2, 0.25) is 0 Å². The van der Waals surface area contributed by atoms with Crippen LogP contribution in [0.1, 0.15) is 26.7 Å². The van der Waals surface area contributed by atoms with E-state index in [0.29, 0.717) is 12.1 Å². The van der Waals surface area contributed by atoms with Crippen LogP contribution in [0.25, 0.3) is 0 Å². The third kappa shape index (κ3) is 2.50. The topological polar surface area (TPSA) is 50.4 Å². The summed E-state index contributed by atoms with van der Waals surface area (Å²) in [6.07, 6.45) is 2.36. The fourth-order valence-corrected chi connectivity index (χ4v) is 1.33. The number of aliphatic imine (C=N–C) groups is 1. The van der Waals surface area contributed by atoms with Gasteiger partial charge in [0.15, 0.2) is 0 Å². The van der Waals surface area contributed by atoms with E-state index >= 15 is 0 Å². The summed E-state index contributed by atoms with van der Waals surface area (Å²) >= 11 is 0. The number of hydrogen-bond acceptors (Lipinski definition) is 2. The molecule has 64 valence electrons. The fraction of sp³-hybridized carbons (Fsp3) is 0.875. The van der Waals surface area contributed by atoms with E-state index in [1.54, 1.807) is 0 Å². The van der Waals surface area contributed by atoms with Crippen LogP contribution in [-0.2, 0) is 0 Å². The van der Waals surface area contributed by atoms with Gasteiger partial charge in [0.05, 0.1) is 6.04 Å². The molecule has 0 spiro atoms. The molecule has 1 heterocycles. The Bertz CT molecular complexity index is 145. The highest BCUT2D eigenvalue weighted by atomic mass is 15.0. The molecule has 1 fully saturated rings. The van der Waals surface area contributed by atoms with Crippen LogP contribution in [0.5, 0.6) is 0 Å². The minimum absolute atomic E-state index is 0.317. The van der Waals surface area contributed by atoms with Gasteiger partial charge in [-0.3, -0.25) is 4.99 Å². The third-order valence-electron chi connectivity index (χ3n) is 1.82. The minimum Gasteiger partial charge on any atom is -0.386 e. The lowest BCUT2D eigenvalue weighted by atomic mass is 10.2. The summed E-state index contributed by atoms with van der Waals surface area (Å²) in [6, 6.07) is 0.662. The summed E-state index contributed by atoms with van der Waals surface area (Å²) in [4.78, 5) is 4.29. The van der Waals surface area contributed by atoms with Crippen LogP contribution >= 0.6 is 0 Å². The van der Waals surface area contributed by atoms with E-state index < -0.39 is 0 Å². The smallest absolute Gasteiger partial charge is 0.111 e. The number of nitrogens with two attached hydrogens (primary N) is 1. The molecule has 3 N–H and O–H groups in total. The summed E-state index contributed by atoms with van der Waals surface area (Å²) in [5, 5.41) is 3.31. The number of nitrogens with one attached hydrogen (secondary N) is 1. The molecule has 3 nitrogen and oxygen atoms in total. The lowest BCUT2D eigenvalue weighted by molar-refractivity contribution is 0.734. The standard InChI is InChI=1S/C8H17N3/c1-6(2)11-8(9)7-4-3-5-10-7/h6-7,10H,3-5H2,1-2H3,(H2,9,11)/t7-/m0/s1. The van der Waals surface area contributed by atoms with Gasteiger partial charge in [0.25, 0.3) is 0 Å². The predicted octanol–water partition coefficient (Wildman–Crippen LogP) is 0.504. The summed E-state index contributed by atoms with van der Waals surface area (Å²) in [6.45, 7) is 5.17. The van der Waals surface area contributed by atoms with Crippen molar-refractivity contribution >= 4 is 5.84 Å². The Morgan fingerprint density at radius 1 is 1.64 bits per heavy atom. The number of amidine groups is 1. The van der Waals surface area contributed by atoms with Crippen molar-refractivity contribution in [1.29, 1.82) is 0 Å². The summed E-state index contributed by atoms with van der Waals surface area (Å²) in [7, 11) is 0. The first-order valence-corrected chi connectivity index (χ1v) is 4.26. The fourth-order valence-electron chi connectivity index (χ4n) is 1.33. The van der Waals surface area contributed by atoms with E-state index in [2.05, 4.69) is 10.3 Å². The highest BCUT2D eigenvalue weighted by molar-refractivity contribution is 5.86. The van der Waals surface area contributed by atoms with Crippen LogP contribution in [0.4, 0.5) is 0 Å². The van der Waals surface area contributed by atoms with Crippen molar-refractivity contribution in [3.05, 3.63) is 0 Å². The maximum absolute atomic E-state index is 5.77. The first-order valence-electron chi connectivity index (χ1n) is 4.26. The van der Waals surface area contributed by atoms with E-state index in [0.717, 1.165) is 18.8 Å². The van der Waals surface area contributed by atoms with E-state index in [1.165, 1.54) is 6.42 Å². The van der Waals surface area contributed by atoms with Gasteiger partial charge in [0, 0.05) is 6.04 Å². The van der Waals surface area contributed by atoms with E-state index in [-0.39, 0.29) is 0 Å². The van der Waals surface area contributed by atoms with Gasteiger partial charge < -0.3 is 11.1 Å². The quantitative estimate of drug-likeness (QED) is 0.451. The van der Waals surface area contributed by atoms with Gasteiger partial charge in [-0.05, 0) is 33.2 Å². The molecule has 0 amide bonds. The zero-order valence-electron chi connectivity index (χ0n) is 7.30. The van der Waals surface area contributed by atoms with Gasteiger partial charge in [-0.1, -0.05) is 0 Å². The maximum atomic E-state index is 5.77. The summed E-state index contributed by atoms with van der Waals surface area (Å²) in [5.41, 5.74) is 5.77. The minimum atomic E-state index is 0.317. The molecule has 0 radical (unpaired) electrons. The lowest BCUT2D eigenvalue weighted by Gasteiger charge is -2.10. The number of nitrogens with zero attached hydrogens (tertiary/aromatic N) is 1. The Hall–Kier alpha value is -0.570. The van der Waals surface area contributed by atoms with Crippen molar-refractivity contribution in [2.24, 2.45) is 10.7 Å². The first-order chi connectivity index (χ1) is 5.20. The zero-order chi connectivity index (χ0) is 8.27. The molecule has 1 aliphatic rings. The Morgan fingerprint density at radius 3 is 2.82 bits per heavy atom. The molecule has 0 saturated carbocycles. The molecule has 1 rings (SSSR count). The molecule has 1 aliphatic heterocycles. The maximum Gasteiger partial charge on any atom is 0.111 e. The molecular weight excluding hydrogens is 138 g/mol. The van der Waals surface area contributed by atoms with E-state index in [9.17, 15) is 0 Å². The second-order valence-corrected chi connectivity index (χ2v) is 3.30. The van der Waals surface area contributed by atoms with Crippen molar-refractivity contribution in [1.82, 2.24) is 5.32 Å². The Kier molecular flexibility index (Phi) is 2.88. The summed E-state index contributed by atoms with van der Waals surface area (Å²) in [5.74, 6) is 0.775. The molecule has 1 atom stereocenters. The SMILES string of the molecule is CC(C)/N=C(\N)[C@@H]1CCCN1. The monoisotopic (exact) mass is 155 g/mol. The predicted molar refractivity (Wildman–Crippen MR) is 47.8 cm³/mol. The lowest BCUT2D eigenvalue weighted by Crippen LogP contribution is -2.37. The van der Waals surface area contributed by atoms with Crippen molar-refractivity contribution < 1.29 is 0 Å². The van der Waals surface area contributed by atoms with Crippen LogP contribution in [0, 0.1) is 0 Å². The van der Waals surface area contributed by atoms with Crippen molar-refractivity contribution in [2.45, 2.75) is 38.8 Å². The Balaban J connectivity index is 2.45. The largest absolute Gasteiger partial charge is 0.386 e. The van der Waals surface area contributed by atoms with Gasteiger partial charge in [-0.15, -0.1) is 0 Å². The van der Waals surface area contributed by atoms with Gasteiger partial charge in [-0.25, -0.2) is 0 Å². The molecule has 0 aromatic rings. The highest BCUT2D eigenvalue weighted by Gasteiger charge is 2.17. The van der Waals surface area contributed by atoms with Crippen LogP contribution < -0.4 is 11.1 Å². The van der Waals surface area contributed by atoms with E-state index in [1.807, 2.05) is 13.8 Å². The Labute approximate surface area is 68.1 Å². The molecule has 1 saturated heterocycles. The Morgan fingerprint density at radius 2 is 2.36 bits per heavy atom. The average molecular weight is 155 g/mol. The zero-order valence-corrected chi connectivity index (χ0v) is 7.30. The first kappa shape index (κ1) is 8.53. The van der Waals surface area contributed by atoms with Crippen molar-refractivity contribution in [2.75, 3.05) is 6.54 Å². The van der Waals surface area contributed by atoms with E-state index in [4.69, 9.17) is 5.73 Å². The van der Waals surface area contributed by atoms with Gasteiger partial charge in [0.1, 0.15) is 5.84 Å². The van der Waals surface area contributed by atoms with Crippen LogP contribution in [0.3, 0.4) is 0 Å². The molecule has 0 aromatic carbocycles. The third-order valence-corrected chi connectivity index (χ3v) is 1.82. The highest BCUT2D eigenvalue weighted by Crippen LogP contribution is 2.05. The second-order valence-electron chi connectivity index (χ2n) is 3.30. The van der Waals surface area contributed by atoms with Crippen LogP contribution in [0.2, 0.25) is 0 Å². The normalized spacial score (nSPS) is 26.5. The molecule has 11 heavy (non-hydrogen) atoms. The molecule has 0 unspecified atom stereocenters. The molecule has 0 aromatic heterocycles. The van der Waals surface area contributed by atoms with Crippen LogP contribution in [0.15, 0.2) is 4.99 Å². The van der Waals surface area contributed by atoms with Crippen molar-refractivity contribution in [3.8, 4) is 0 Å². The molecule has 0 aliphatic carbocycles. The number of hydrogen-bond donors (Lipinski definition) is 2. The van der Waals surface area contributed by atoms with Crippen LogP contribution in [-0.4, -0.2) is 24.5 Å². The molecule has 3 heteroatoms. The summed E-state index contributed by atoms with van der Waals surface area (Å²) < 4.78 is 0. The average Bonchev–Trinajstić information content (AvgIpc) is 2.35. The van der Waals surface area contributed by atoms with Crippen molar-refractivity contribution in [3.63, 3.8) is 0 Å². The number of rotatable bonds is 2. The second kappa shape index (κ2) is 3.72. The van der Waals surface area contributed by atoms with Gasteiger partial charge >= 0.3 is 0 Å². The molecular formula is C8H17N3.